The number of thiophene rings is 1. The van der Waals surface area contributed by atoms with Gasteiger partial charge in [-0.2, -0.15) is 0 Å². The van der Waals surface area contributed by atoms with Crippen LogP contribution < -0.4 is 10.5 Å². The summed E-state index contributed by atoms with van der Waals surface area (Å²) >= 11 is 1.79. The number of ether oxygens (including phenoxy) is 1. The van der Waals surface area contributed by atoms with Crippen LogP contribution in [0.4, 0.5) is 0 Å². The van der Waals surface area contributed by atoms with E-state index in [1.165, 1.54) is 15.3 Å². The van der Waals surface area contributed by atoms with Crippen LogP contribution in [0.3, 0.4) is 0 Å². The Morgan fingerprint density at radius 2 is 2.00 bits per heavy atom. The highest BCUT2D eigenvalue weighted by Crippen LogP contribution is 2.30. The van der Waals surface area contributed by atoms with Gasteiger partial charge in [-0.15, -0.1) is 11.3 Å². The molecular formula is C15H19NOS. The van der Waals surface area contributed by atoms with Crippen LogP contribution in [0.2, 0.25) is 0 Å². The fourth-order valence-corrected chi connectivity index (χ4v) is 3.27. The van der Waals surface area contributed by atoms with Crippen molar-refractivity contribution < 1.29 is 4.74 Å². The smallest absolute Gasteiger partial charge is 0.122 e. The lowest BCUT2D eigenvalue weighted by Gasteiger charge is -2.14. The molecule has 18 heavy (non-hydrogen) atoms. The Morgan fingerprint density at radius 1 is 1.28 bits per heavy atom. The summed E-state index contributed by atoms with van der Waals surface area (Å²) in [5.74, 6) is 0.916. The molecule has 3 heteroatoms. The first-order valence-electron chi connectivity index (χ1n) is 6.06. The topological polar surface area (TPSA) is 35.2 Å². The van der Waals surface area contributed by atoms with Gasteiger partial charge in [-0.05, 0) is 43.5 Å². The van der Waals surface area contributed by atoms with Crippen molar-refractivity contribution in [3.05, 3.63) is 51.2 Å². The van der Waals surface area contributed by atoms with Crippen LogP contribution in [-0.4, -0.2) is 7.11 Å². The molecule has 0 fully saturated rings. The molecule has 1 aromatic heterocycles. The van der Waals surface area contributed by atoms with E-state index in [-0.39, 0.29) is 6.04 Å². The minimum Gasteiger partial charge on any atom is -0.496 e. The van der Waals surface area contributed by atoms with Gasteiger partial charge in [0.05, 0.1) is 7.11 Å². The third-order valence-electron chi connectivity index (χ3n) is 3.05. The van der Waals surface area contributed by atoms with Crippen molar-refractivity contribution in [2.45, 2.75) is 26.3 Å². The highest BCUT2D eigenvalue weighted by Gasteiger charge is 2.14. The van der Waals surface area contributed by atoms with E-state index in [1.807, 2.05) is 18.2 Å². The van der Waals surface area contributed by atoms with E-state index in [0.29, 0.717) is 0 Å². The number of para-hydroxylation sites is 1. The molecule has 0 saturated carbocycles. The maximum absolute atomic E-state index is 6.32. The monoisotopic (exact) mass is 261 g/mol. The quantitative estimate of drug-likeness (QED) is 0.912. The van der Waals surface area contributed by atoms with Crippen LogP contribution >= 0.6 is 11.3 Å². The second-order valence-electron chi connectivity index (χ2n) is 4.53. The molecule has 0 saturated heterocycles. The first-order valence-corrected chi connectivity index (χ1v) is 6.88. The van der Waals surface area contributed by atoms with E-state index in [4.69, 9.17) is 10.5 Å². The Labute approximate surface area is 112 Å². The molecular weight excluding hydrogens is 242 g/mol. The lowest BCUT2D eigenvalue weighted by Crippen LogP contribution is -2.13. The van der Waals surface area contributed by atoms with Crippen molar-refractivity contribution in [1.82, 2.24) is 0 Å². The molecule has 1 atom stereocenters. The molecule has 2 N–H and O–H groups in total. The minimum atomic E-state index is 0.0417. The average molecular weight is 261 g/mol. The molecule has 0 spiro atoms. The van der Waals surface area contributed by atoms with E-state index in [0.717, 1.165) is 17.7 Å². The Kier molecular flexibility index (Phi) is 4.04. The van der Waals surface area contributed by atoms with Crippen molar-refractivity contribution >= 4 is 11.3 Å². The highest BCUT2D eigenvalue weighted by atomic mass is 32.1. The summed E-state index contributed by atoms with van der Waals surface area (Å²) in [6.07, 6.45) is 0.810. The van der Waals surface area contributed by atoms with E-state index in [9.17, 15) is 0 Å². The van der Waals surface area contributed by atoms with E-state index in [2.05, 4.69) is 26.0 Å². The van der Waals surface area contributed by atoms with Crippen molar-refractivity contribution in [3.8, 4) is 5.75 Å². The lowest BCUT2D eigenvalue weighted by atomic mass is 10.0. The summed E-state index contributed by atoms with van der Waals surface area (Å²) < 4.78 is 5.37. The van der Waals surface area contributed by atoms with E-state index >= 15 is 0 Å². The minimum absolute atomic E-state index is 0.0417. The van der Waals surface area contributed by atoms with Crippen LogP contribution in [0.15, 0.2) is 30.3 Å². The molecule has 2 nitrogen and oxygen atoms in total. The first-order chi connectivity index (χ1) is 8.61. The Hall–Kier alpha value is -1.32. The second kappa shape index (κ2) is 5.55. The number of nitrogens with two attached hydrogens (primary N) is 1. The Morgan fingerprint density at radius 3 is 2.61 bits per heavy atom. The molecule has 0 radical (unpaired) electrons. The third-order valence-corrected chi connectivity index (χ3v) is 4.33. The maximum Gasteiger partial charge on any atom is 0.122 e. The summed E-state index contributed by atoms with van der Waals surface area (Å²) in [7, 11) is 1.70. The molecule has 0 aliphatic heterocycles. The van der Waals surface area contributed by atoms with Gasteiger partial charge in [0.2, 0.25) is 0 Å². The predicted molar refractivity (Wildman–Crippen MR) is 77.4 cm³/mol. The predicted octanol–water partition coefficient (Wildman–Crippen LogP) is 3.62. The van der Waals surface area contributed by atoms with Gasteiger partial charge in [0.1, 0.15) is 5.75 Å². The Bertz CT molecular complexity index is 533. The number of hydrogen-bond acceptors (Lipinski definition) is 3. The number of rotatable bonds is 4. The molecule has 0 amide bonds. The van der Waals surface area contributed by atoms with Gasteiger partial charge in [-0.3, -0.25) is 0 Å². The zero-order chi connectivity index (χ0) is 13.1. The summed E-state index contributed by atoms with van der Waals surface area (Å²) in [4.78, 5) is 2.59. The molecule has 1 heterocycles. The second-order valence-corrected chi connectivity index (χ2v) is 5.81. The van der Waals surface area contributed by atoms with Crippen molar-refractivity contribution in [2.75, 3.05) is 7.11 Å². The standard InChI is InChI=1S/C15H19NOS/c1-10-8-11(2)18-15(10)13(16)9-12-6-4-5-7-14(12)17-3/h4-8,13H,9,16H2,1-3H3. The van der Waals surface area contributed by atoms with Gasteiger partial charge in [0.25, 0.3) is 0 Å². The number of benzene rings is 1. The molecule has 96 valence electrons. The van der Waals surface area contributed by atoms with Gasteiger partial charge >= 0.3 is 0 Å². The zero-order valence-electron chi connectivity index (χ0n) is 11.1. The maximum atomic E-state index is 6.32. The molecule has 0 bridgehead atoms. The molecule has 0 aliphatic rings. The molecule has 1 aromatic carbocycles. The molecule has 2 rings (SSSR count). The Balaban J connectivity index is 2.21. The van der Waals surface area contributed by atoms with Gasteiger partial charge in [0.15, 0.2) is 0 Å². The van der Waals surface area contributed by atoms with Crippen LogP contribution in [0.5, 0.6) is 5.75 Å². The first kappa shape index (κ1) is 13.1. The normalized spacial score (nSPS) is 12.4. The molecule has 0 aliphatic carbocycles. The van der Waals surface area contributed by atoms with Crippen molar-refractivity contribution in [1.29, 1.82) is 0 Å². The van der Waals surface area contributed by atoms with Crippen LogP contribution in [0, 0.1) is 13.8 Å². The van der Waals surface area contributed by atoms with Crippen LogP contribution in [0.1, 0.15) is 26.9 Å². The van der Waals surface area contributed by atoms with Gasteiger partial charge < -0.3 is 10.5 Å². The third kappa shape index (κ3) is 2.74. The van der Waals surface area contributed by atoms with Crippen molar-refractivity contribution in [3.63, 3.8) is 0 Å². The van der Waals surface area contributed by atoms with Crippen molar-refractivity contribution in [2.24, 2.45) is 5.73 Å². The summed E-state index contributed by atoms with van der Waals surface area (Å²) in [5, 5.41) is 0. The lowest BCUT2D eigenvalue weighted by molar-refractivity contribution is 0.408. The van der Waals surface area contributed by atoms with E-state index in [1.54, 1.807) is 18.4 Å². The molecule has 1 unspecified atom stereocenters. The number of hydrogen-bond donors (Lipinski definition) is 1. The summed E-state index contributed by atoms with van der Waals surface area (Å²) in [5.41, 5.74) is 8.78. The fourth-order valence-electron chi connectivity index (χ4n) is 2.23. The average Bonchev–Trinajstić information content (AvgIpc) is 2.69. The fraction of sp³-hybridized carbons (Fsp3) is 0.333. The van der Waals surface area contributed by atoms with Gasteiger partial charge in [-0.25, -0.2) is 0 Å². The van der Waals surface area contributed by atoms with Gasteiger partial charge in [-0.1, -0.05) is 18.2 Å². The number of methoxy groups -OCH3 is 1. The highest BCUT2D eigenvalue weighted by molar-refractivity contribution is 7.12. The largest absolute Gasteiger partial charge is 0.496 e. The molecule has 2 aromatic rings. The number of aryl methyl sites for hydroxylation is 2. The van der Waals surface area contributed by atoms with E-state index < -0.39 is 0 Å². The van der Waals surface area contributed by atoms with Crippen LogP contribution in [-0.2, 0) is 6.42 Å². The SMILES string of the molecule is COc1ccccc1CC(N)c1sc(C)cc1C. The summed E-state index contributed by atoms with van der Waals surface area (Å²) in [6, 6.07) is 10.3. The van der Waals surface area contributed by atoms with Gasteiger partial charge in [0, 0.05) is 15.8 Å². The summed E-state index contributed by atoms with van der Waals surface area (Å²) in [6.45, 7) is 4.25. The zero-order valence-corrected chi connectivity index (χ0v) is 11.9. The van der Waals surface area contributed by atoms with Crippen LogP contribution in [0.25, 0.3) is 0 Å².